The largest absolute Gasteiger partial charge is 0.478 e. The quantitative estimate of drug-likeness (QED) is 0.529. The predicted molar refractivity (Wildman–Crippen MR) is 51.9 cm³/mol. The highest BCUT2D eigenvalue weighted by Crippen LogP contribution is 2.06. The Kier molecular flexibility index (Phi) is 4.99. The average molecular weight is 196 g/mol. The van der Waals surface area contributed by atoms with Gasteiger partial charge in [-0.2, -0.15) is 0 Å². The topological polar surface area (TPSA) is 74.6 Å². The second-order valence-corrected chi connectivity index (χ2v) is 2.53. The van der Waals surface area contributed by atoms with Crippen LogP contribution in [-0.4, -0.2) is 22.2 Å². The summed E-state index contributed by atoms with van der Waals surface area (Å²) < 4.78 is 0. The summed E-state index contributed by atoms with van der Waals surface area (Å²) >= 11 is 0. The van der Waals surface area contributed by atoms with Crippen LogP contribution in [0, 0.1) is 0 Å². The van der Waals surface area contributed by atoms with Crippen LogP contribution in [0.25, 0.3) is 0 Å². The van der Waals surface area contributed by atoms with Crippen LogP contribution >= 0.6 is 0 Å². The van der Waals surface area contributed by atoms with Crippen molar-refractivity contribution in [2.24, 2.45) is 0 Å². The SMILES string of the molecule is C\C=C/C=C\C(C(=O)O)=C(/C)C(=O)O. The summed E-state index contributed by atoms with van der Waals surface area (Å²) in [5, 5.41) is 17.3. The van der Waals surface area contributed by atoms with Gasteiger partial charge in [-0.05, 0) is 19.9 Å². The zero-order valence-electron chi connectivity index (χ0n) is 8.02. The number of hydrogen-bond donors (Lipinski definition) is 2. The van der Waals surface area contributed by atoms with Gasteiger partial charge in [0.2, 0.25) is 0 Å². The van der Waals surface area contributed by atoms with Crippen molar-refractivity contribution in [3.05, 3.63) is 35.5 Å². The molecule has 0 fully saturated rings. The van der Waals surface area contributed by atoms with E-state index in [0.29, 0.717) is 0 Å². The van der Waals surface area contributed by atoms with E-state index in [2.05, 4.69) is 0 Å². The normalized spacial score (nSPS) is 13.3. The molecule has 0 heterocycles. The minimum absolute atomic E-state index is 0.182. The maximum absolute atomic E-state index is 10.6. The summed E-state index contributed by atoms with van der Waals surface area (Å²) in [6.45, 7) is 3.03. The molecule has 0 radical (unpaired) electrons. The third-order valence-electron chi connectivity index (χ3n) is 1.52. The molecule has 0 aliphatic heterocycles. The molecule has 0 saturated carbocycles. The smallest absolute Gasteiger partial charge is 0.336 e. The highest BCUT2D eigenvalue weighted by atomic mass is 16.4. The Morgan fingerprint density at radius 2 is 1.64 bits per heavy atom. The minimum atomic E-state index is -1.24. The Hall–Kier alpha value is -1.84. The first-order valence-electron chi connectivity index (χ1n) is 3.97. The fourth-order valence-corrected chi connectivity index (χ4v) is 0.735. The summed E-state index contributed by atoms with van der Waals surface area (Å²) in [6, 6.07) is 0. The minimum Gasteiger partial charge on any atom is -0.478 e. The molecule has 0 unspecified atom stereocenters. The highest BCUT2D eigenvalue weighted by Gasteiger charge is 2.12. The van der Waals surface area contributed by atoms with E-state index < -0.39 is 11.9 Å². The molecule has 4 nitrogen and oxygen atoms in total. The fraction of sp³-hybridized carbons (Fsp3) is 0.200. The number of carboxylic acid groups (broad SMARTS) is 2. The van der Waals surface area contributed by atoms with Crippen LogP contribution in [0.2, 0.25) is 0 Å². The van der Waals surface area contributed by atoms with Gasteiger partial charge < -0.3 is 10.2 Å². The first kappa shape index (κ1) is 12.2. The van der Waals surface area contributed by atoms with Crippen molar-refractivity contribution in [1.82, 2.24) is 0 Å². The van der Waals surface area contributed by atoms with Gasteiger partial charge in [0.15, 0.2) is 0 Å². The van der Waals surface area contributed by atoms with Crippen LogP contribution in [0.5, 0.6) is 0 Å². The van der Waals surface area contributed by atoms with Gasteiger partial charge in [-0.15, -0.1) is 0 Å². The van der Waals surface area contributed by atoms with Gasteiger partial charge >= 0.3 is 11.9 Å². The van der Waals surface area contributed by atoms with E-state index in [4.69, 9.17) is 10.2 Å². The van der Waals surface area contributed by atoms with Crippen molar-refractivity contribution in [1.29, 1.82) is 0 Å². The molecule has 0 spiro atoms. The summed E-state index contributed by atoms with van der Waals surface area (Å²) in [7, 11) is 0. The van der Waals surface area contributed by atoms with E-state index in [1.807, 2.05) is 0 Å². The summed E-state index contributed by atoms with van der Waals surface area (Å²) in [5.74, 6) is -2.47. The van der Waals surface area contributed by atoms with Crippen molar-refractivity contribution < 1.29 is 19.8 Å². The first-order chi connectivity index (χ1) is 6.50. The van der Waals surface area contributed by atoms with E-state index in [1.54, 1.807) is 19.1 Å². The van der Waals surface area contributed by atoms with E-state index in [0.717, 1.165) is 0 Å². The van der Waals surface area contributed by atoms with Crippen LogP contribution in [0.1, 0.15) is 13.8 Å². The van der Waals surface area contributed by atoms with Gasteiger partial charge in [-0.3, -0.25) is 0 Å². The number of aliphatic carboxylic acids is 2. The van der Waals surface area contributed by atoms with Crippen LogP contribution in [0.4, 0.5) is 0 Å². The molecular weight excluding hydrogens is 184 g/mol. The molecule has 0 aromatic carbocycles. The van der Waals surface area contributed by atoms with Crippen molar-refractivity contribution in [3.63, 3.8) is 0 Å². The zero-order valence-corrected chi connectivity index (χ0v) is 8.02. The molecule has 0 atom stereocenters. The molecule has 0 aliphatic rings. The Morgan fingerprint density at radius 3 is 2.00 bits per heavy atom. The lowest BCUT2D eigenvalue weighted by Crippen LogP contribution is -2.07. The molecule has 0 rings (SSSR count). The van der Waals surface area contributed by atoms with Gasteiger partial charge in [0.05, 0.1) is 5.57 Å². The zero-order chi connectivity index (χ0) is 11.1. The van der Waals surface area contributed by atoms with Crippen molar-refractivity contribution in [3.8, 4) is 0 Å². The Bertz CT molecular complexity index is 321. The Balaban J connectivity index is 5.05. The first-order valence-corrected chi connectivity index (χ1v) is 3.97. The molecule has 0 amide bonds. The monoisotopic (exact) mass is 196 g/mol. The third-order valence-corrected chi connectivity index (χ3v) is 1.52. The third kappa shape index (κ3) is 3.71. The predicted octanol–water partition coefficient (Wildman–Crippen LogP) is 1.60. The van der Waals surface area contributed by atoms with Crippen LogP contribution in [0.15, 0.2) is 35.5 Å². The van der Waals surface area contributed by atoms with Gasteiger partial charge in [-0.1, -0.05) is 18.2 Å². The van der Waals surface area contributed by atoms with E-state index >= 15 is 0 Å². The molecule has 0 aromatic heterocycles. The van der Waals surface area contributed by atoms with E-state index in [1.165, 1.54) is 19.1 Å². The second kappa shape index (κ2) is 5.75. The van der Waals surface area contributed by atoms with Crippen molar-refractivity contribution >= 4 is 11.9 Å². The average Bonchev–Trinajstić information content (AvgIpc) is 2.10. The van der Waals surface area contributed by atoms with Crippen LogP contribution < -0.4 is 0 Å². The summed E-state index contributed by atoms with van der Waals surface area (Å²) in [4.78, 5) is 21.1. The van der Waals surface area contributed by atoms with Gasteiger partial charge in [0.25, 0.3) is 0 Å². The van der Waals surface area contributed by atoms with Gasteiger partial charge in [0, 0.05) is 5.57 Å². The summed E-state index contributed by atoms with van der Waals surface area (Å²) in [5.41, 5.74) is -0.395. The van der Waals surface area contributed by atoms with Gasteiger partial charge in [0.1, 0.15) is 0 Å². The Labute approximate surface area is 81.9 Å². The van der Waals surface area contributed by atoms with Crippen molar-refractivity contribution in [2.45, 2.75) is 13.8 Å². The highest BCUT2D eigenvalue weighted by molar-refractivity contribution is 6.00. The molecule has 14 heavy (non-hydrogen) atoms. The molecule has 4 heteroatoms. The van der Waals surface area contributed by atoms with E-state index in [9.17, 15) is 9.59 Å². The second-order valence-electron chi connectivity index (χ2n) is 2.53. The van der Waals surface area contributed by atoms with Crippen LogP contribution in [0.3, 0.4) is 0 Å². The molecule has 0 saturated heterocycles. The number of carbonyl (C=O) groups is 2. The van der Waals surface area contributed by atoms with Gasteiger partial charge in [-0.25, -0.2) is 9.59 Å². The molecular formula is C10H12O4. The van der Waals surface area contributed by atoms with Crippen molar-refractivity contribution in [2.75, 3.05) is 0 Å². The lowest BCUT2D eigenvalue weighted by Gasteiger charge is -1.97. The molecule has 76 valence electrons. The summed E-state index contributed by atoms with van der Waals surface area (Å²) in [6.07, 6.45) is 6.08. The maximum atomic E-state index is 10.6. The molecule has 0 aliphatic carbocycles. The Morgan fingerprint density at radius 1 is 1.07 bits per heavy atom. The lowest BCUT2D eigenvalue weighted by molar-refractivity contribution is -0.135. The number of carboxylic acids is 2. The van der Waals surface area contributed by atoms with Crippen LogP contribution in [-0.2, 0) is 9.59 Å². The standard InChI is InChI=1S/C10H12O4/c1-3-4-5-6-8(10(13)14)7(2)9(11)12/h3-6H,1-2H3,(H,11,12)(H,13,14)/b4-3-,6-5-,8-7-. The fourth-order valence-electron chi connectivity index (χ4n) is 0.735. The number of allylic oxidation sites excluding steroid dienone is 3. The molecule has 0 bridgehead atoms. The maximum Gasteiger partial charge on any atom is 0.336 e. The number of rotatable bonds is 4. The molecule has 0 aromatic rings. The lowest BCUT2D eigenvalue weighted by atomic mass is 10.1. The molecule has 2 N–H and O–H groups in total. The number of hydrogen-bond acceptors (Lipinski definition) is 2. The van der Waals surface area contributed by atoms with E-state index in [-0.39, 0.29) is 11.1 Å².